The van der Waals surface area contributed by atoms with Crippen LogP contribution in [0.25, 0.3) is 0 Å². The van der Waals surface area contributed by atoms with Gasteiger partial charge in [-0.3, -0.25) is 9.59 Å². The summed E-state index contributed by atoms with van der Waals surface area (Å²) in [6, 6.07) is 4.98. The molecule has 1 heterocycles. The molecule has 1 saturated heterocycles. The Morgan fingerprint density at radius 1 is 1.42 bits per heavy atom. The number of nitrogens with zero attached hydrogens (tertiary/aromatic N) is 1. The minimum Gasteiger partial charge on any atom is -0.481 e. The molecule has 2 atom stereocenters. The molecule has 19 heavy (non-hydrogen) atoms. The van der Waals surface area contributed by atoms with E-state index in [1.54, 1.807) is 23.1 Å². The number of aliphatic carboxylic acids is 1. The first-order valence-electron chi connectivity index (χ1n) is 5.87. The van der Waals surface area contributed by atoms with Crippen LogP contribution in [0.5, 0.6) is 0 Å². The second kappa shape index (κ2) is 5.51. The van der Waals surface area contributed by atoms with Crippen molar-refractivity contribution in [2.75, 3.05) is 13.1 Å². The number of rotatable bonds is 2. The lowest BCUT2D eigenvalue weighted by molar-refractivity contribution is -0.142. The average Bonchev–Trinajstić information content (AvgIpc) is 2.74. The van der Waals surface area contributed by atoms with Gasteiger partial charge in [0.25, 0.3) is 5.91 Å². The van der Waals surface area contributed by atoms with Gasteiger partial charge in [0.2, 0.25) is 0 Å². The molecule has 0 saturated carbocycles. The lowest BCUT2D eigenvalue weighted by Crippen LogP contribution is -2.29. The predicted octanol–water partition coefficient (Wildman–Crippen LogP) is 2.90. The lowest BCUT2D eigenvalue weighted by atomic mass is 9.99. The summed E-state index contributed by atoms with van der Waals surface area (Å²) < 4.78 is 0.726. The number of carbonyl (C=O) groups excluding carboxylic acids is 1. The van der Waals surface area contributed by atoms with Crippen LogP contribution in [-0.4, -0.2) is 35.0 Å². The second-order valence-corrected chi connectivity index (χ2v) is 6.02. The van der Waals surface area contributed by atoms with Gasteiger partial charge in [-0.25, -0.2) is 0 Å². The third-order valence-electron chi connectivity index (χ3n) is 3.38. The van der Waals surface area contributed by atoms with Gasteiger partial charge in [0.05, 0.1) is 10.9 Å². The fraction of sp³-hybridized carbons (Fsp3) is 0.385. The summed E-state index contributed by atoms with van der Waals surface area (Å²) in [6.45, 7) is 2.56. The molecular weight excluding hydrogens is 334 g/mol. The highest BCUT2D eigenvalue weighted by molar-refractivity contribution is 9.10. The number of halogens is 2. The Labute approximate surface area is 124 Å². The van der Waals surface area contributed by atoms with E-state index in [1.807, 2.05) is 6.92 Å². The molecular formula is C13H13BrClNO3. The number of carboxylic acid groups (broad SMARTS) is 1. The molecule has 2 rings (SSSR count). The molecule has 0 bridgehead atoms. The first kappa shape index (κ1) is 14.3. The Kier molecular flexibility index (Phi) is 4.16. The maximum Gasteiger partial charge on any atom is 0.308 e. The topological polar surface area (TPSA) is 57.6 Å². The molecule has 6 heteroatoms. The fourth-order valence-electron chi connectivity index (χ4n) is 2.27. The van der Waals surface area contributed by atoms with Crippen molar-refractivity contribution >= 4 is 39.4 Å². The van der Waals surface area contributed by atoms with Crippen LogP contribution in [0.2, 0.25) is 5.02 Å². The summed E-state index contributed by atoms with van der Waals surface area (Å²) in [5.74, 6) is -1.55. The Morgan fingerprint density at radius 2 is 2.11 bits per heavy atom. The van der Waals surface area contributed by atoms with Gasteiger partial charge in [-0.2, -0.15) is 0 Å². The summed E-state index contributed by atoms with van der Waals surface area (Å²) in [6.07, 6.45) is 0. The molecule has 0 radical (unpaired) electrons. The van der Waals surface area contributed by atoms with Crippen molar-refractivity contribution in [2.45, 2.75) is 6.92 Å². The first-order valence-corrected chi connectivity index (χ1v) is 7.04. The van der Waals surface area contributed by atoms with Crippen LogP contribution >= 0.6 is 27.5 Å². The number of hydrogen-bond donors (Lipinski definition) is 1. The van der Waals surface area contributed by atoms with E-state index in [4.69, 9.17) is 16.7 Å². The van der Waals surface area contributed by atoms with Gasteiger partial charge in [0.15, 0.2) is 0 Å². The number of carbonyl (C=O) groups is 2. The predicted molar refractivity (Wildman–Crippen MR) is 75.3 cm³/mol. The van der Waals surface area contributed by atoms with Crippen molar-refractivity contribution < 1.29 is 14.7 Å². The van der Waals surface area contributed by atoms with Crippen LogP contribution in [0, 0.1) is 11.8 Å². The maximum absolute atomic E-state index is 12.3. The average molecular weight is 347 g/mol. The summed E-state index contributed by atoms with van der Waals surface area (Å²) in [5.41, 5.74) is 0.478. The van der Waals surface area contributed by atoms with Crippen LogP contribution in [0.15, 0.2) is 22.7 Å². The molecule has 1 N–H and O–H groups in total. The van der Waals surface area contributed by atoms with E-state index >= 15 is 0 Å². The third-order valence-corrected chi connectivity index (χ3v) is 4.62. The smallest absolute Gasteiger partial charge is 0.308 e. The number of amides is 1. The molecule has 0 spiro atoms. The quantitative estimate of drug-likeness (QED) is 0.896. The molecule has 4 nitrogen and oxygen atoms in total. The number of likely N-dealkylation sites (tertiary alicyclic amines) is 1. The summed E-state index contributed by atoms with van der Waals surface area (Å²) in [4.78, 5) is 24.9. The Hall–Kier alpha value is -1.07. The minimum absolute atomic E-state index is 0.0348. The highest BCUT2D eigenvalue weighted by Crippen LogP contribution is 2.27. The molecule has 1 aromatic carbocycles. The lowest BCUT2D eigenvalue weighted by Gasteiger charge is -2.16. The maximum atomic E-state index is 12.3. The molecule has 1 aliphatic heterocycles. The molecule has 0 aliphatic carbocycles. The van der Waals surface area contributed by atoms with Gasteiger partial charge in [0.1, 0.15) is 0 Å². The molecule has 1 fully saturated rings. The van der Waals surface area contributed by atoms with E-state index in [1.165, 1.54) is 0 Å². The first-order chi connectivity index (χ1) is 8.90. The van der Waals surface area contributed by atoms with Crippen LogP contribution in [-0.2, 0) is 4.79 Å². The summed E-state index contributed by atoms with van der Waals surface area (Å²) >= 11 is 9.23. The van der Waals surface area contributed by atoms with Crippen molar-refractivity contribution in [3.63, 3.8) is 0 Å². The van der Waals surface area contributed by atoms with Crippen LogP contribution in [0.1, 0.15) is 17.3 Å². The van der Waals surface area contributed by atoms with Gasteiger partial charge < -0.3 is 10.0 Å². The summed E-state index contributed by atoms with van der Waals surface area (Å²) in [5, 5.41) is 9.53. The SMILES string of the molecule is CC1CN(C(=O)c2ccc(Br)c(Cl)c2)CC1C(=O)O. The molecule has 2 unspecified atom stereocenters. The summed E-state index contributed by atoms with van der Waals surface area (Å²) in [7, 11) is 0. The number of hydrogen-bond acceptors (Lipinski definition) is 2. The Balaban J connectivity index is 2.17. The monoisotopic (exact) mass is 345 g/mol. The molecule has 102 valence electrons. The zero-order chi connectivity index (χ0) is 14.2. The highest BCUT2D eigenvalue weighted by Gasteiger charge is 2.37. The van der Waals surface area contributed by atoms with Gasteiger partial charge in [-0.05, 0) is 40.0 Å². The standard InChI is InChI=1S/C13H13BrClNO3/c1-7-5-16(6-9(7)13(18)19)12(17)8-2-3-10(14)11(15)4-8/h2-4,7,9H,5-6H2,1H3,(H,18,19). The molecule has 1 aromatic rings. The zero-order valence-electron chi connectivity index (χ0n) is 10.3. The zero-order valence-corrected chi connectivity index (χ0v) is 12.6. The number of carboxylic acids is 1. The van der Waals surface area contributed by atoms with Crippen molar-refractivity contribution in [3.05, 3.63) is 33.3 Å². The normalized spacial score (nSPS) is 22.6. The Bertz CT molecular complexity index is 535. The van der Waals surface area contributed by atoms with E-state index in [2.05, 4.69) is 15.9 Å². The van der Waals surface area contributed by atoms with Gasteiger partial charge in [-0.1, -0.05) is 18.5 Å². The fourth-order valence-corrected chi connectivity index (χ4v) is 2.69. The van der Waals surface area contributed by atoms with Crippen molar-refractivity contribution in [3.8, 4) is 0 Å². The largest absolute Gasteiger partial charge is 0.481 e. The van der Waals surface area contributed by atoms with E-state index in [9.17, 15) is 9.59 Å². The van der Waals surface area contributed by atoms with Crippen molar-refractivity contribution in [1.82, 2.24) is 4.90 Å². The van der Waals surface area contributed by atoms with E-state index < -0.39 is 11.9 Å². The van der Waals surface area contributed by atoms with E-state index in [0.29, 0.717) is 17.1 Å². The Morgan fingerprint density at radius 3 is 2.63 bits per heavy atom. The number of benzene rings is 1. The van der Waals surface area contributed by atoms with Crippen molar-refractivity contribution in [1.29, 1.82) is 0 Å². The molecule has 1 aliphatic rings. The highest BCUT2D eigenvalue weighted by atomic mass is 79.9. The minimum atomic E-state index is -0.850. The van der Waals surface area contributed by atoms with Crippen LogP contribution < -0.4 is 0 Å². The van der Waals surface area contributed by atoms with Gasteiger partial charge in [0, 0.05) is 23.1 Å². The van der Waals surface area contributed by atoms with Gasteiger partial charge in [-0.15, -0.1) is 0 Å². The molecule has 0 aromatic heterocycles. The van der Waals surface area contributed by atoms with Crippen LogP contribution in [0.3, 0.4) is 0 Å². The van der Waals surface area contributed by atoms with Gasteiger partial charge >= 0.3 is 5.97 Å². The molecule has 1 amide bonds. The van der Waals surface area contributed by atoms with Crippen LogP contribution in [0.4, 0.5) is 0 Å². The van der Waals surface area contributed by atoms with E-state index in [0.717, 1.165) is 4.47 Å². The second-order valence-electron chi connectivity index (χ2n) is 4.76. The third kappa shape index (κ3) is 2.92. The van der Waals surface area contributed by atoms with Crippen molar-refractivity contribution in [2.24, 2.45) is 11.8 Å². The van der Waals surface area contributed by atoms with E-state index in [-0.39, 0.29) is 18.4 Å².